The van der Waals surface area contributed by atoms with Crippen LogP contribution in [-0.2, 0) is 24.3 Å². The second-order valence-corrected chi connectivity index (χ2v) is 7.80. The summed E-state index contributed by atoms with van der Waals surface area (Å²) in [6.07, 6.45) is 8.28. The van der Waals surface area contributed by atoms with Crippen LogP contribution in [-0.4, -0.2) is 51.2 Å². The Labute approximate surface area is 146 Å². The molecule has 4 heterocycles. The molecule has 1 atom stereocenters. The summed E-state index contributed by atoms with van der Waals surface area (Å²) in [6, 6.07) is 4.44. The third-order valence-electron chi connectivity index (χ3n) is 5.15. The van der Waals surface area contributed by atoms with Crippen LogP contribution in [0.2, 0.25) is 0 Å². The smallest absolute Gasteiger partial charge is 0.237 e. The fourth-order valence-corrected chi connectivity index (χ4v) is 4.76. The number of nitrogens with zero attached hydrogens (tertiary/aromatic N) is 4. The SMILES string of the molecule is O=C(CN1CCc2sccc2C1)N1CCCC[C@H]1Cn1cccn1. The largest absolute Gasteiger partial charge is 0.337 e. The van der Waals surface area contributed by atoms with Crippen molar-refractivity contribution in [3.8, 4) is 0 Å². The Morgan fingerprint density at radius 3 is 3.17 bits per heavy atom. The standard InChI is InChI=1S/C18H24N4OS/c23-18(14-20-10-5-17-15(12-20)6-11-24-17)22-9-2-1-4-16(22)13-21-8-3-7-19-21/h3,6-8,11,16H,1-2,4-5,9-10,12-14H2/t16-/m0/s1. The van der Waals surface area contributed by atoms with E-state index >= 15 is 0 Å². The maximum absolute atomic E-state index is 12.9. The molecule has 6 heteroatoms. The molecule has 1 amide bonds. The molecule has 0 bridgehead atoms. The Kier molecular flexibility index (Phi) is 4.67. The minimum atomic E-state index is 0.283. The molecule has 24 heavy (non-hydrogen) atoms. The molecule has 5 nitrogen and oxygen atoms in total. The summed E-state index contributed by atoms with van der Waals surface area (Å²) in [6.45, 7) is 4.17. The number of thiophene rings is 1. The van der Waals surface area contributed by atoms with Crippen LogP contribution in [0.4, 0.5) is 0 Å². The van der Waals surface area contributed by atoms with Gasteiger partial charge >= 0.3 is 0 Å². The third-order valence-corrected chi connectivity index (χ3v) is 6.17. The fraction of sp³-hybridized carbons (Fsp3) is 0.556. The molecule has 2 aromatic heterocycles. The van der Waals surface area contributed by atoms with E-state index in [-0.39, 0.29) is 11.9 Å². The summed E-state index contributed by atoms with van der Waals surface area (Å²) in [5, 5.41) is 6.48. The van der Waals surface area contributed by atoms with Crippen molar-refractivity contribution in [2.45, 2.75) is 44.8 Å². The third kappa shape index (κ3) is 3.39. The van der Waals surface area contributed by atoms with E-state index in [1.165, 1.54) is 16.9 Å². The maximum Gasteiger partial charge on any atom is 0.237 e. The van der Waals surface area contributed by atoms with Crippen LogP contribution in [0.15, 0.2) is 29.9 Å². The van der Waals surface area contributed by atoms with Crippen molar-refractivity contribution in [2.24, 2.45) is 0 Å². The van der Waals surface area contributed by atoms with Crippen molar-refractivity contribution in [1.82, 2.24) is 19.6 Å². The number of amides is 1. The van der Waals surface area contributed by atoms with Crippen LogP contribution in [0.5, 0.6) is 0 Å². The zero-order valence-corrected chi connectivity index (χ0v) is 14.7. The number of piperidine rings is 1. The number of rotatable bonds is 4. The van der Waals surface area contributed by atoms with Crippen molar-refractivity contribution in [3.05, 3.63) is 40.3 Å². The van der Waals surface area contributed by atoms with Gasteiger partial charge in [0.15, 0.2) is 0 Å². The van der Waals surface area contributed by atoms with E-state index in [1.54, 1.807) is 6.20 Å². The van der Waals surface area contributed by atoms with E-state index in [9.17, 15) is 4.79 Å². The fourth-order valence-electron chi connectivity index (χ4n) is 3.87. The zero-order valence-electron chi connectivity index (χ0n) is 13.9. The molecule has 1 fully saturated rings. The lowest BCUT2D eigenvalue weighted by atomic mass is 10.0. The van der Waals surface area contributed by atoms with Gasteiger partial charge in [0.05, 0.1) is 19.1 Å². The summed E-state index contributed by atoms with van der Waals surface area (Å²) >= 11 is 1.85. The first-order chi connectivity index (χ1) is 11.8. The molecule has 0 saturated carbocycles. The summed E-state index contributed by atoms with van der Waals surface area (Å²) < 4.78 is 1.95. The van der Waals surface area contributed by atoms with Crippen molar-refractivity contribution >= 4 is 17.2 Å². The van der Waals surface area contributed by atoms with Crippen LogP contribution < -0.4 is 0 Å². The average molecular weight is 344 g/mol. The van der Waals surface area contributed by atoms with Crippen molar-refractivity contribution in [3.63, 3.8) is 0 Å². The Morgan fingerprint density at radius 2 is 2.29 bits per heavy atom. The monoisotopic (exact) mass is 344 g/mol. The van der Waals surface area contributed by atoms with Gasteiger partial charge in [0.2, 0.25) is 5.91 Å². The molecule has 0 radical (unpaired) electrons. The highest BCUT2D eigenvalue weighted by Crippen LogP contribution is 2.24. The van der Waals surface area contributed by atoms with Crippen molar-refractivity contribution in [1.29, 1.82) is 0 Å². The topological polar surface area (TPSA) is 41.4 Å². The van der Waals surface area contributed by atoms with Gasteiger partial charge in [-0.05, 0) is 48.8 Å². The Bertz CT molecular complexity index is 681. The molecule has 4 rings (SSSR count). The maximum atomic E-state index is 12.9. The lowest BCUT2D eigenvalue weighted by Gasteiger charge is -2.37. The van der Waals surface area contributed by atoms with Crippen LogP contribution in [0, 0.1) is 0 Å². The van der Waals surface area contributed by atoms with E-state index in [2.05, 4.69) is 26.3 Å². The first-order valence-electron chi connectivity index (χ1n) is 8.84. The van der Waals surface area contributed by atoms with E-state index < -0.39 is 0 Å². The molecule has 0 N–H and O–H groups in total. The van der Waals surface area contributed by atoms with Gasteiger partial charge in [0, 0.05) is 36.9 Å². The first kappa shape index (κ1) is 15.8. The van der Waals surface area contributed by atoms with Gasteiger partial charge in [-0.25, -0.2) is 0 Å². The van der Waals surface area contributed by atoms with Crippen LogP contribution in [0.1, 0.15) is 29.7 Å². The van der Waals surface area contributed by atoms with Gasteiger partial charge in [-0.1, -0.05) is 0 Å². The van der Waals surface area contributed by atoms with Crippen molar-refractivity contribution < 1.29 is 4.79 Å². The second-order valence-electron chi connectivity index (χ2n) is 6.79. The number of carbonyl (C=O) groups is 1. The van der Waals surface area contributed by atoms with E-state index in [0.29, 0.717) is 6.54 Å². The molecule has 0 unspecified atom stereocenters. The Morgan fingerprint density at radius 1 is 1.33 bits per heavy atom. The van der Waals surface area contributed by atoms with Gasteiger partial charge in [0.1, 0.15) is 0 Å². The molecular weight excluding hydrogens is 320 g/mol. The number of hydrogen-bond acceptors (Lipinski definition) is 4. The minimum absolute atomic E-state index is 0.283. The van der Waals surface area contributed by atoms with Crippen LogP contribution in [0.3, 0.4) is 0 Å². The summed E-state index contributed by atoms with van der Waals surface area (Å²) in [5.74, 6) is 0.283. The number of carbonyl (C=O) groups excluding carboxylic acids is 1. The highest BCUT2D eigenvalue weighted by atomic mass is 32.1. The molecule has 2 aliphatic rings. The van der Waals surface area contributed by atoms with Gasteiger partial charge in [-0.15, -0.1) is 11.3 Å². The highest BCUT2D eigenvalue weighted by Gasteiger charge is 2.29. The minimum Gasteiger partial charge on any atom is -0.337 e. The van der Waals surface area contributed by atoms with Gasteiger partial charge in [-0.3, -0.25) is 14.4 Å². The molecule has 0 aliphatic carbocycles. The summed E-state index contributed by atoms with van der Waals surface area (Å²) in [5.41, 5.74) is 1.41. The quantitative estimate of drug-likeness (QED) is 0.855. The number of likely N-dealkylation sites (tertiary alicyclic amines) is 1. The molecule has 1 saturated heterocycles. The van der Waals surface area contributed by atoms with E-state index in [0.717, 1.165) is 45.4 Å². The second kappa shape index (κ2) is 7.07. The number of hydrogen-bond donors (Lipinski definition) is 0. The first-order valence-corrected chi connectivity index (χ1v) is 9.72. The highest BCUT2D eigenvalue weighted by molar-refractivity contribution is 7.10. The molecule has 128 valence electrons. The number of aromatic nitrogens is 2. The van der Waals surface area contributed by atoms with Crippen molar-refractivity contribution in [2.75, 3.05) is 19.6 Å². The van der Waals surface area contributed by atoms with E-state index in [1.807, 2.05) is 28.3 Å². The summed E-state index contributed by atoms with van der Waals surface area (Å²) in [7, 11) is 0. The normalized spacial score (nSPS) is 21.7. The lowest BCUT2D eigenvalue weighted by molar-refractivity contribution is -0.136. The predicted molar refractivity (Wildman–Crippen MR) is 94.9 cm³/mol. The van der Waals surface area contributed by atoms with Gasteiger partial charge < -0.3 is 4.90 Å². The molecule has 2 aliphatic heterocycles. The molecule has 2 aromatic rings. The van der Waals surface area contributed by atoms with Gasteiger partial charge in [-0.2, -0.15) is 5.10 Å². The van der Waals surface area contributed by atoms with Crippen LogP contribution >= 0.6 is 11.3 Å². The Hall–Kier alpha value is -1.66. The lowest BCUT2D eigenvalue weighted by Crippen LogP contribution is -2.50. The average Bonchev–Trinajstić information content (AvgIpc) is 3.26. The molecular formula is C18H24N4OS. The van der Waals surface area contributed by atoms with Gasteiger partial charge in [0.25, 0.3) is 0 Å². The Balaban J connectivity index is 1.39. The molecule has 0 aromatic carbocycles. The predicted octanol–water partition coefficient (Wildman–Crippen LogP) is 2.38. The van der Waals surface area contributed by atoms with Crippen LogP contribution in [0.25, 0.3) is 0 Å². The number of fused-ring (bicyclic) bond motifs is 1. The summed E-state index contributed by atoms with van der Waals surface area (Å²) in [4.78, 5) is 18.8. The van der Waals surface area contributed by atoms with E-state index in [4.69, 9.17) is 0 Å². The molecule has 0 spiro atoms. The zero-order chi connectivity index (χ0) is 16.4.